The molecule has 0 aliphatic carbocycles. The van der Waals surface area contributed by atoms with Gasteiger partial charge in [-0.1, -0.05) is 20.3 Å². The lowest BCUT2D eigenvalue weighted by Crippen LogP contribution is -2.57. The highest BCUT2D eigenvalue weighted by Gasteiger charge is 2.44. The molecule has 5 N–H and O–H groups in total. The van der Waals surface area contributed by atoms with Crippen LogP contribution in [0.4, 0.5) is 0 Å². The third-order valence-electron chi connectivity index (χ3n) is 6.19. The molecule has 0 aromatic heterocycles. The Morgan fingerprint density at radius 2 is 1.61 bits per heavy atom. The average molecular weight is 440 g/mol. The van der Waals surface area contributed by atoms with Crippen molar-refractivity contribution in [1.82, 2.24) is 15.1 Å². The van der Waals surface area contributed by atoms with Gasteiger partial charge in [0.2, 0.25) is 17.7 Å². The number of nitrogens with zero attached hydrogens (tertiary/aromatic N) is 2. The number of hydrogen-bond donors (Lipinski definition) is 4. The van der Waals surface area contributed by atoms with Crippen LogP contribution in [0.1, 0.15) is 52.4 Å². The Hall–Kier alpha value is -2.69. The molecule has 0 aromatic rings. The van der Waals surface area contributed by atoms with Crippen molar-refractivity contribution in [3.8, 4) is 0 Å². The molecule has 5 atom stereocenters. The number of nitrogens with one attached hydrogen (secondary N) is 1. The van der Waals surface area contributed by atoms with E-state index in [1.165, 1.54) is 9.80 Å². The zero-order valence-corrected chi connectivity index (χ0v) is 18.0. The molecule has 2 aliphatic rings. The summed E-state index contributed by atoms with van der Waals surface area (Å²) in [6.45, 7) is 4.17. The number of carbonyl (C=O) groups excluding carboxylic acids is 3. The van der Waals surface area contributed by atoms with Gasteiger partial charge in [-0.25, -0.2) is 4.79 Å². The predicted molar refractivity (Wildman–Crippen MR) is 109 cm³/mol. The minimum atomic E-state index is -1.36. The van der Waals surface area contributed by atoms with Crippen LogP contribution in [0.5, 0.6) is 0 Å². The molecule has 174 valence electrons. The Labute approximate surface area is 180 Å². The van der Waals surface area contributed by atoms with E-state index < -0.39 is 60.2 Å². The lowest BCUT2D eigenvalue weighted by Gasteiger charge is -2.32. The van der Waals surface area contributed by atoms with Crippen LogP contribution in [0.3, 0.4) is 0 Å². The molecule has 0 spiro atoms. The first kappa shape index (κ1) is 24.6. The van der Waals surface area contributed by atoms with E-state index in [9.17, 15) is 34.2 Å². The predicted octanol–water partition coefficient (Wildman–Crippen LogP) is -0.614. The molecule has 0 radical (unpaired) electrons. The molecule has 2 heterocycles. The number of amides is 3. The number of carboxylic acids is 2. The number of hydrogen-bond acceptors (Lipinski definition) is 6. The van der Waals surface area contributed by atoms with Crippen LogP contribution in [0.25, 0.3) is 0 Å². The standard InChI is InChI=1S/C20H32N4O7/c1-3-11(2)16(21)17(27)22-12(10-15(25)26)18(28)23-8-4-6-13(23)19(29)24-9-5-7-14(24)20(30)31/h11-14,16H,3-10,21H2,1-2H3,(H,22,27)(H,25,26)(H,30,31). The molecule has 2 aliphatic heterocycles. The maximum Gasteiger partial charge on any atom is 0.326 e. The summed E-state index contributed by atoms with van der Waals surface area (Å²) in [6.07, 6.45) is 1.79. The quantitative estimate of drug-likeness (QED) is 0.368. The van der Waals surface area contributed by atoms with Gasteiger partial charge in [0, 0.05) is 13.1 Å². The van der Waals surface area contributed by atoms with Crippen molar-refractivity contribution in [2.75, 3.05) is 13.1 Å². The average Bonchev–Trinajstić information content (AvgIpc) is 3.40. The SMILES string of the molecule is CCC(C)C(N)C(=O)NC(CC(=O)O)C(=O)N1CCCC1C(=O)N1CCCC1C(=O)O. The van der Waals surface area contributed by atoms with Crippen molar-refractivity contribution in [3.63, 3.8) is 0 Å². The largest absolute Gasteiger partial charge is 0.481 e. The molecule has 11 nitrogen and oxygen atoms in total. The smallest absolute Gasteiger partial charge is 0.326 e. The Kier molecular flexibility index (Phi) is 8.37. The van der Waals surface area contributed by atoms with Crippen LogP contribution in [-0.4, -0.2) is 86.9 Å². The highest BCUT2D eigenvalue weighted by molar-refractivity contribution is 5.96. The van der Waals surface area contributed by atoms with Crippen LogP contribution in [-0.2, 0) is 24.0 Å². The molecule has 2 saturated heterocycles. The summed E-state index contributed by atoms with van der Waals surface area (Å²) in [5, 5.41) is 21.0. The summed E-state index contributed by atoms with van der Waals surface area (Å²) >= 11 is 0. The lowest BCUT2D eigenvalue weighted by atomic mass is 9.99. The highest BCUT2D eigenvalue weighted by Crippen LogP contribution is 2.26. The zero-order chi connectivity index (χ0) is 23.3. The summed E-state index contributed by atoms with van der Waals surface area (Å²) in [6, 6.07) is -4.05. The van der Waals surface area contributed by atoms with E-state index in [1.54, 1.807) is 6.92 Å². The van der Waals surface area contributed by atoms with E-state index in [0.717, 1.165) is 0 Å². The molecule has 2 fully saturated rings. The summed E-state index contributed by atoms with van der Waals surface area (Å²) in [5.74, 6) is -4.27. The van der Waals surface area contributed by atoms with Gasteiger partial charge in [-0.05, 0) is 31.6 Å². The number of aliphatic carboxylic acids is 2. The molecule has 31 heavy (non-hydrogen) atoms. The molecule has 0 aromatic carbocycles. The Morgan fingerprint density at radius 1 is 1.03 bits per heavy atom. The van der Waals surface area contributed by atoms with Gasteiger partial charge >= 0.3 is 11.9 Å². The number of carbonyl (C=O) groups is 5. The van der Waals surface area contributed by atoms with Gasteiger partial charge in [0.25, 0.3) is 0 Å². The fraction of sp³-hybridized carbons (Fsp3) is 0.750. The van der Waals surface area contributed by atoms with Crippen LogP contribution >= 0.6 is 0 Å². The molecule has 3 amide bonds. The maximum atomic E-state index is 13.1. The van der Waals surface area contributed by atoms with Crippen molar-refractivity contribution in [2.45, 2.75) is 76.5 Å². The summed E-state index contributed by atoms with van der Waals surface area (Å²) in [7, 11) is 0. The van der Waals surface area contributed by atoms with Gasteiger partial charge in [-0.3, -0.25) is 19.2 Å². The fourth-order valence-electron chi connectivity index (χ4n) is 4.12. The van der Waals surface area contributed by atoms with Gasteiger partial charge in [-0.15, -0.1) is 0 Å². The van der Waals surface area contributed by atoms with E-state index >= 15 is 0 Å². The summed E-state index contributed by atoms with van der Waals surface area (Å²) in [5.41, 5.74) is 5.91. The highest BCUT2D eigenvalue weighted by atomic mass is 16.4. The number of nitrogens with two attached hydrogens (primary N) is 1. The second kappa shape index (κ2) is 10.6. The first-order valence-electron chi connectivity index (χ1n) is 10.7. The van der Waals surface area contributed by atoms with E-state index in [0.29, 0.717) is 38.6 Å². The van der Waals surface area contributed by atoms with E-state index in [4.69, 9.17) is 5.73 Å². The first-order valence-corrected chi connectivity index (χ1v) is 10.7. The molecule has 5 unspecified atom stereocenters. The third kappa shape index (κ3) is 5.72. The lowest BCUT2D eigenvalue weighted by molar-refractivity contribution is -0.153. The fourth-order valence-corrected chi connectivity index (χ4v) is 4.12. The van der Waals surface area contributed by atoms with Gasteiger partial charge in [0.1, 0.15) is 18.1 Å². The van der Waals surface area contributed by atoms with E-state index in [-0.39, 0.29) is 12.5 Å². The number of rotatable bonds is 9. The van der Waals surface area contributed by atoms with Crippen molar-refractivity contribution in [1.29, 1.82) is 0 Å². The minimum absolute atomic E-state index is 0.162. The van der Waals surface area contributed by atoms with Crippen LogP contribution in [0, 0.1) is 5.92 Å². The Balaban J connectivity index is 2.17. The van der Waals surface area contributed by atoms with Crippen molar-refractivity contribution >= 4 is 29.7 Å². The first-order chi connectivity index (χ1) is 14.6. The molecule has 11 heteroatoms. The van der Waals surface area contributed by atoms with Crippen LogP contribution < -0.4 is 11.1 Å². The molecule has 2 rings (SSSR count). The van der Waals surface area contributed by atoms with Crippen LogP contribution in [0.15, 0.2) is 0 Å². The van der Waals surface area contributed by atoms with Crippen LogP contribution in [0.2, 0.25) is 0 Å². The maximum absolute atomic E-state index is 13.1. The molecular formula is C20H32N4O7. The third-order valence-corrected chi connectivity index (χ3v) is 6.19. The van der Waals surface area contributed by atoms with Crippen molar-refractivity contribution in [3.05, 3.63) is 0 Å². The minimum Gasteiger partial charge on any atom is -0.481 e. The van der Waals surface area contributed by atoms with Gasteiger partial charge in [0.15, 0.2) is 0 Å². The summed E-state index contributed by atoms with van der Waals surface area (Å²) < 4.78 is 0. The molecular weight excluding hydrogens is 408 g/mol. The Bertz CT molecular complexity index is 728. The summed E-state index contributed by atoms with van der Waals surface area (Å²) in [4.78, 5) is 63.9. The van der Waals surface area contributed by atoms with Gasteiger partial charge in [-0.2, -0.15) is 0 Å². The second-order valence-corrected chi connectivity index (χ2v) is 8.29. The zero-order valence-electron chi connectivity index (χ0n) is 18.0. The topological polar surface area (TPSA) is 170 Å². The number of likely N-dealkylation sites (tertiary alicyclic amines) is 2. The van der Waals surface area contributed by atoms with E-state index in [2.05, 4.69) is 5.32 Å². The van der Waals surface area contributed by atoms with E-state index in [1.807, 2.05) is 6.92 Å². The molecule has 0 bridgehead atoms. The Morgan fingerprint density at radius 3 is 2.16 bits per heavy atom. The molecule has 0 saturated carbocycles. The van der Waals surface area contributed by atoms with Gasteiger partial charge in [0.05, 0.1) is 12.5 Å². The van der Waals surface area contributed by atoms with Gasteiger partial charge < -0.3 is 31.1 Å². The van der Waals surface area contributed by atoms with Crippen molar-refractivity contribution in [2.24, 2.45) is 11.7 Å². The second-order valence-electron chi connectivity index (χ2n) is 8.29. The van der Waals surface area contributed by atoms with Crippen molar-refractivity contribution < 1.29 is 34.2 Å². The monoisotopic (exact) mass is 440 g/mol. The number of carboxylic acid groups (broad SMARTS) is 2. The normalized spacial score (nSPS) is 23.8.